The maximum atomic E-state index is 12.7. The van der Waals surface area contributed by atoms with E-state index >= 15 is 0 Å². The molecule has 0 saturated heterocycles. The van der Waals surface area contributed by atoms with E-state index in [4.69, 9.17) is 0 Å². The zero-order chi connectivity index (χ0) is 15.5. The van der Waals surface area contributed by atoms with E-state index in [1.807, 2.05) is 30.3 Å². The Morgan fingerprint density at radius 2 is 1.86 bits per heavy atom. The van der Waals surface area contributed by atoms with Crippen molar-refractivity contribution in [3.8, 4) is 0 Å². The van der Waals surface area contributed by atoms with Crippen molar-refractivity contribution in [1.29, 1.82) is 0 Å². The third kappa shape index (κ3) is 3.20. The van der Waals surface area contributed by atoms with Gasteiger partial charge in [-0.3, -0.25) is 4.79 Å². The van der Waals surface area contributed by atoms with Crippen LogP contribution in [0.4, 0.5) is 0 Å². The van der Waals surface area contributed by atoms with Crippen LogP contribution < -0.4 is 5.32 Å². The first kappa shape index (κ1) is 15.2. The van der Waals surface area contributed by atoms with Gasteiger partial charge < -0.3 is 5.32 Å². The minimum absolute atomic E-state index is 0.0328. The first-order valence-electron chi connectivity index (χ1n) is 7.79. The molecular weight excluding hydrogens is 290 g/mol. The van der Waals surface area contributed by atoms with Gasteiger partial charge in [-0.15, -0.1) is 11.8 Å². The van der Waals surface area contributed by atoms with Crippen molar-refractivity contribution in [2.75, 3.05) is 0 Å². The number of carbonyl (C=O) groups is 1. The molecular formula is C19H21NOS. The zero-order valence-electron chi connectivity index (χ0n) is 13.0. The van der Waals surface area contributed by atoms with Crippen molar-refractivity contribution in [1.82, 2.24) is 5.32 Å². The Bertz CT molecular complexity index is 681. The highest BCUT2D eigenvalue weighted by molar-refractivity contribution is 8.00. The van der Waals surface area contributed by atoms with Crippen molar-refractivity contribution < 1.29 is 4.79 Å². The fourth-order valence-corrected chi connectivity index (χ4v) is 3.91. The number of hydrogen-bond donors (Lipinski definition) is 1. The van der Waals surface area contributed by atoms with Gasteiger partial charge in [0.1, 0.15) is 0 Å². The Kier molecular flexibility index (Phi) is 4.53. The lowest BCUT2D eigenvalue weighted by molar-refractivity contribution is 0.0934. The molecule has 1 unspecified atom stereocenters. The molecule has 1 amide bonds. The standard InChI is InChI=1S/C19H21NOS/c1-13(2)22-18-10-6-5-9-16(18)19(21)20-17-12-11-14-7-3-4-8-15(14)17/h3-10,13,17H,11-12H2,1-2H3,(H,20,21). The van der Waals surface area contributed by atoms with Crippen LogP contribution in [0.5, 0.6) is 0 Å². The molecule has 0 bridgehead atoms. The molecule has 1 aliphatic carbocycles. The normalized spacial score (nSPS) is 16.6. The van der Waals surface area contributed by atoms with Crippen LogP contribution in [0, 0.1) is 0 Å². The van der Waals surface area contributed by atoms with E-state index in [1.54, 1.807) is 11.8 Å². The lowest BCUT2D eigenvalue weighted by atomic mass is 10.1. The van der Waals surface area contributed by atoms with Gasteiger partial charge in [0.25, 0.3) is 5.91 Å². The van der Waals surface area contributed by atoms with E-state index in [1.165, 1.54) is 11.1 Å². The quantitative estimate of drug-likeness (QED) is 0.836. The topological polar surface area (TPSA) is 29.1 Å². The van der Waals surface area contributed by atoms with Gasteiger partial charge in [-0.2, -0.15) is 0 Å². The number of carbonyl (C=O) groups excluding carboxylic acids is 1. The van der Waals surface area contributed by atoms with Crippen molar-refractivity contribution in [2.24, 2.45) is 0 Å². The van der Waals surface area contributed by atoms with Crippen LogP contribution in [0.1, 0.15) is 47.8 Å². The number of nitrogens with one attached hydrogen (secondary N) is 1. The summed E-state index contributed by atoms with van der Waals surface area (Å²) in [7, 11) is 0. The number of benzene rings is 2. The molecule has 1 N–H and O–H groups in total. The monoisotopic (exact) mass is 311 g/mol. The molecule has 0 heterocycles. The molecule has 0 radical (unpaired) electrons. The molecule has 0 aliphatic heterocycles. The Balaban J connectivity index is 1.79. The largest absolute Gasteiger partial charge is 0.345 e. The van der Waals surface area contributed by atoms with Crippen molar-refractivity contribution in [3.05, 3.63) is 65.2 Å². The van der Waals surface area contributed by atoms with Gasteiger partial charge in [0, 0.05) is 10.1 Å². The molecule has 0 saturated carbocycles. The molecule has 0 fully saturated rings. The minimum atomic E-state index is 0.0328. The summed E-state index contributed by atoms with van der Waals surface area (Å²) >= 11 is 1.74. The molecule has 0 aromatic heterocycles. The lowest BCUT2D eigenvalue weighted by Crippen LogP contribution is -2.27. The van der Waals surface area contributed by atoms with Crippen LogP contribution in [0.15, 0.2) is 53.4 Å². The zero-order valence-corrected chi connectivity index (χ0v) is 13.8. The Morgan fingerprint density at radius 1 is 1.14 bits per heavy atom. The second-order valence-electron chi connectivity index (χ2n) is 5.93. The molecule has 2 aromatic carbocycles. The SMILES string of the molecule is CC(C)Sc1ccccc1C(=O)NC1CCc2ccccc21. The van der Waals surface area contributed by atoms with E-state index in [2.05, 4.69) is 37.4 Å². The maximum Gasteiger partial charge on any atom is 0.252 e. The Labute approximate surface area is 136 Å². The van der Waals surface area contributed by atoms with E-state index in [-0.39, 0.29) is 11.9 Å². The van der Waals surface area contributed by atoms with Gasteiger partial charge in [0.15, 0.2) is 0 Å². The lowest BCUT2D eigenvalue weighted by Gasteiger charge is -2.16. The summed E-state index contributed by atoms with van der Waals surface area (Å²) in [6, 6.07) is 16.4. The van der Waals surface area contributed by atoms with E-state index in [9.17, 15) is 4.79 Å². The third-order valence-corrected chi connectivity index (χ3v) is 5.01. The average molecular weight is 311 g/mol. The second-order valence-corrected chi connectivity index (χ2v) is 7.54. The predicted octanol–water partition coefficient (Wildman–Crippen LogP) is 4.60. The van der Waals surface area contributed by atoms with Crippen LogP contribution in [-0.2, 0) is 6.42 Å². The third-order valence-electron chi connectivity index (χ3n) is 3.93. The summed E-state index contributed by atoms with van der Waals surface area (Å²) in [4.78, 5) is 13.7. The predicted molar refractivity (Wildman–Crippen MR) is 92.4 cm³/mol. The molecule has 2 nitrogen and oxygen atoms in total. The summed E-state index contributed by atoms with van der Waals surface area (Å²) < 4.78 is 0. The van der Waals surface area contributed by atoms with Crippen molar-refractivity contribution >= 4 is 17.7 Å². The number of amides is 1. The number of rotatable bonds is 4. The van der Waals surface area contributed by atoms with E-state index < -0.39 is 0 Å². The molecule has 22 heavy (non-hydrogen) atoms. The Morgan fingerprint density at radius 3 is 2.68 bits per heavy atom. The van der Waals surface area contributed by atoms with Crippen molar-refractivity contribution in [3.63, 3.8) is 0 Å². The second kappa shape index (κ2) is 6.57. The molecule has 2 aromatic rings. The first-order chi connectivity index (χ1) is 10.6. The molecule has 114 valence electrons. The Hall–Kier alpha value is -1.74. The smallest absolute Gasteiger partial charge is 0.252 e. The summed E-state index contributed by atoms with van der Waals surface area (Å²) in [6.45, 7) is 4.29. The van der Waals surface area contributed by atoms with E-state index in [0.717, 1.165) is 23.3 Å². The highest BCUT2D eigenvalue weighted by atomic mass is 32.2. The highest BCUT2D eigenvalue weighted by Gasteiger charge is 2.24. The van der Waals surface area contributed by atoms with Gasteiger partial charge in [-0.05, 0) is 36.1 Å². The number of fused-ring (bicyclic) bond motifs is 1. The fraction of sp³-hybridized carbons (Fsp3) is 0.316. The van der Waals surface area contributed by atoms with Crippen LogP contribution in [-0.4, -0.2) is 11.2 Å². The van der Waals surface area contributed by atoms with Crippen LogP contribution in [0.3, 0.4) is 0 Å². The van der Waals surface area contributed by atoms with E-state index in [0.29, 0.717) is 5.25 Å². The van der Waals surface area contributed by atoms with Crippen LogP contribution in [0.2, 0.25) is 0 Å². The molecule has 1 atom stereocenters. The summed E-state index contributed by atoms with van der Waals surface area (Å²) in [5.41, 5.74) is 3.41. The average Bonchev–Trinajstić information content (AvgIpc) is 2.90. The van der Waals surface area contributed by atoms with Crippen LogP contribution >= 0.6 is 11.8 Å². The molecule has 1 aliphatic rings. The van der Waals surface area contributed by atoms with Crippen LogP contribution in [0.25, 0.3) is 0 Å². The number of hydrogen-bond acceptors (Lipinski definition) is 2. The molecule has 0 spiro atoms. The summed E-state index contributed by atoms with van der Waals surface area (Å²) in [5, 5.41) is 3.67. The van der Waals surface area contributed by atoms with Gasteiger partial charge in [0.2, 0.25) is 0 Å². The van der Waals surface area contributed by atoms with Gasteiger partial charge in [0.05, 0.1) is 11.6 Å². The highest BCUT2D eigenvalue weighted by Crippen LogP contribution is 2.32. The van der Waals surface area contributed by atoms with Gasteiger partial charge in [-0.1, -0.05) is 50.2 Å². The van der Waals surface area contributed by atoms with Gasteiger partial charge in [-0.25, -0.2) is 0 Å². The number of thioether (sulfide) groups is 1. The fourth-order valence-electron chi connectivity index (χ4n) is 2.95. The number of aryl methyl sites for hydroxylation is 1. The molecule has 3 rings (SSSR count). The maximum absolute atomic E-state index is 12.7. The minimum Gasteiger partial charge on any atom is -0.345 e. The first-order valence-corrected chi connectivity index (χ1v) is 8.67. The van der Waals surface area contributed by atoms with Gasteiger partial charge >= 0.3 is 0 Å². The summed E-state index contributed by atoms with van der Waals surface area (Å²) in [5.74, 6) is 0.0328. The molecule has 3 heteroatoms. The summed E-state index contributed by atoms with van der Waals surface area (Å²) in [6.07, 6.45) is 2.04. The van der Waals surface area contributed by atoms with Crippen molar-refractivity contribution in [2.45, 2.75) is 42.9 Å².